The minimum absolute atomic E-state index is 0.0238. The van der Waals surface area contributed by atoms with E-state index in [0.29, 0.717) is 6.41 Å². The van der Waals surface area contributed by atoms with Crippen LogP contribution in [0.15, 0.2) is 164 Å². The summed E-state index contributed by atoms with van der Waals surface area (Å²) >= 11 is 0. The Bertz CT molecular complexity index is 1790. The Balaban J connectivity index is 1.46. The van der Waals surface area contributed by atoms with E-state index in [0.717, 1.165) is 27.8 Å². The highest BCUT2D eigenvalue weighted by atomic mass is 31.2. The van der Waals surface area contributed by atoms with Gasteiger partial charge in [0.25, 0.3) is 0 Å². The summed E-state index contributed by atoms with van der Waals surface area (Å²) in [6.07, 6.45) is 0.0569. The van der Waals surface area contributed by atoms with Gasteiger partial charge < -0.3 is 18.7 Å². The van der Waals surface area contributed by atoms with E-state index in [2.05, 4.69) is 0 Å². The molecule has 52 heavy (non-hydrogen) atoms. The van der Waals surface area contributed by atoms with Gasteiger partial charge in [0.2, 0.25) is 13.8 Å². The molecule has 5 aromatic rings. The topological polar surface area (TPSA) is 83.5 Å². The molecule has 8 nitrogen and oxygen atoms in total. The lowest BCUT2D eigenvalue weighted by atomic mass is 10.1. The maximum atomic E-state index is 13.8. The number of rotatable bonds is 22. The van der Waals surface area contributed by atoms with Crippen LogP contribution in [-0.2, 0) is 66.0 Å². The van der Waals surface area contributed by atoms with Gasteiger partial charge in [-0.2, -0.15) is 0 Å². The normalized spacial score (nSPS) is 14.3. The Morgan fingerprint density at radius 1 is 0.558 bits per heavy atom. The summed E-state index contributed by atoms with van der Waals surface area (Å²) in [6.45, 7) is 2.70. The first-order valence-electron chi connectivity index (χ1n) is 17.3. The fraction of sp³-hybridized carbons (Fsp3) is 0.233. The van der Waals surface area contributed by atoms with Crippen LogP contribution in [0.3, 0.4) is 0 Å². The van der Waals surface area contributed by atoms with Crippen molar-refractivity contribution in [3.63, 3.8) is 0 Å². The zero-order valence-corrected chi connectivity index (χ0v) is 30.3. The molecule has 5 aromatic carbocycles. The first kappa shape index (κ1) is 38.6. The van der Waals surface area contributed by atoms with Crippen LogP contribution in [0.4, 0.5) is 0 Å². The number of carbonyl (C=O) groups is 1. The van der Waals surface area contributed by atoms with Crippen LogP contribution in [0, 0.1) is 0 Å². The van der Waals surface area contributed by atoms with Crippen molar-refractivity contribution in [3.8, 4) is 0 Å². The molecule has 1 unspecified atom stereocenters. The standard InChI is InChI=1S/C43H46NO7P/c1-52(46,51-34-40-25-15-6-16-26-40)28-27-41(47-30-36-17-7-2-8-18-36)43(49-32-38-21-11-4-12-22-38)42(48-31-37-19-9-3-10-20-37)29-44(35-45)50-33-39-23-13-5-14-24-39/h2-28,35,41-43H,29-34H2,1H3/b28-27+/t41-,42+,43-,52?/m1/s1. The lowest BCUT2D eigenvalue weighted by Gasteiger charge is -2.34. The smallest absolute Gasteiger partial charge is 0.233 e. The molecule has 0 bridgehead atoms. The van der Waals surface area contributed by atoms with Crippen LogP contribution in [0.2, 0.25) is 0 Å². The number of nitrogens with zero attached hydrogens (tertiary/aromatic N) is 1. The van der Waals surface area contributed by atoms with Crippen molar-refractivity contribution in [2.45, 2.75) is 51.3 Å². The molecule has 1 amide bonds. The molecule has 0 aliphatic heterocycles. The molecule has 0 aliphatic carbocycles. The van der Waals surface area contributed by atoms with Gasteiger partial charge in [0.05, 0.1) is 33.0 Å². The quantitative estimate of drug-likeness (QED) is 0.0401. The van der Waals surface area contributed by atoms with Crippen LogP contribution in [0.25, 0.3) is 0 Å². The van der Waals surface area contributed by atoms with Gasteiger partial charge in [0.1, 0.15) is 24.9 Å². The lowest BCUT2D eigenvalue weighted by molar-refractivity contribution is -0.205. The Morgan fingerprint density at radius 2 is 0.962 bits per heavy atom. The Morgan fingerprint density at radius 3 is 1.42 bits per heavy atom. The zero-order chi connectivity index (χ0) is 36.3. The van der Waals surface area contributed by atoms with Gasteiger partial charge in [-0.25, -0.2) is 5.06 Å². The van der Waals surface area contributed by atoms with E-state index < -0.39 is 25.7 Å². The maximum Gasteiger partial charge on any atom is 0.233 e. The van der Waals surface area contributed by atoms with Crippen molar-refractivity contribution in [2.24, 2.45) is 0 Å². The van der Waals surface area contributed by atoms with Crippen LogP contribution >= 0.6 is 7.37 Å². The average molecular weight is 720 g/mol. The second-order valence-electron chi connectivity index (χ2n) is 12.3. The molecule has 9 heteroatoms. The van der Waals surface area contributed by atoms with Crippen LogP contribution in [-0.4, -0.2) is 43.0 Å². The molecule has 0 aliphatic rings. The van der Waals surface area contributed by atoms with Gasteiger partial charge in [0.15, 0.2) is 0 Å². The molecule has 0 heterocycles. The molecule has 4 atom stereocenters. The number of carbonyl (C=O) groups excluding carboxylic acids is 1. The number of hydroxylamine groups is 2. The van der Waals surface area contributed by atoms with E-state index in [9.17, 15) is 9.36 Å². The Hall–Kier alpha value is -4.66. The first-order chi connectivity index (χ1) is 25.5. The highest BCUT2D eigenvalue weighted by Crippen LogP contribution is 2.45. The summed E-state index contributed by atoms with van der Waals surface area (Å²) in [5.41, 5.74) is 4.67. The van der Waals surface area contributed by atoms with Crippen LogP contribution < -0.4 is 0 Å². The molecule has 0 saturated carbocycles. The van der Waals surface area contributed by atoms with Gasteiger partial charge in [-0.1, -0.05) is 152 Å². The third-order valence-corrected chi connectivity index (χ3v) is 9.52. The Kier molecular flexibility index (Phi) is 15.6. The predicted molar refractivity (Wildman–Crippen MR) is 203 cm³/mol. The molecular weight excluding hydrogens is 673 g/mol. The molecular formula is C43H46NO7P. The van der Waals surface area contributed by atoms with Gasteiger partial charge >= 0.3 is 0 Å². The second kappa shape index (κ2) is 21.0. The molecule has 270 valence electrons. The van der Waals surface area contributed by atoms with Crippen molar-refractivity contribution in [1.82, 2.24) is 5.06 Å². The molecule has 0 N–H and O–H groups in total. The summed E-state index contributed by atoms with van der Waals surface area (Å²) in [5.74, 6) is 1.57. The summed E-state index contributed by atoms with van der Waals surface area (Å²) in [4.78, 5) is 18.4. The van der Waals surface area contributed by atoms with Gasteiger partial charge in [-0.15, -0.1) is 0 Å². The minimum atomic E-state index is -3.24. The van der Waals surface area contributed by atoms with E-state index in [-0.39, 0.29) is 39.6 Å². The largest absolute Gasteiger partial charge is 0.369 e. The fourth-order valence-corrected chi connectivity index (χ4v) is 6.31. The molecule has 0 spiro atoms. The molecule has 0 aromatic heterocycles. The van der Waals surface area contributed by atoms with Crippen LogP contribution in [0.5, 0.6) is 0 Å². The SMILES string of the molecule is CP(=O)(/C=C/[C@@H](OCc1ccccc1)[C@@H](OCc1ccccc1)[C@H](CN(C=O)OCc1ccccc1)OCc1ccccc1)OCc1ccccc1. The van der Waals surface area contributed by atoms with Crippen molar-refractivity contribution in [1.29, 1.82) is 0 Å². The van der Waals surface area contributed by atoms with Crippen molar-refractivity contribution < 1.29 is 32.9 Å². The van der Waals surface area contributed by atoms with Gasteiger partial charge in [-0.05, 0) is 39.7 Å². The highest BCUT2D eigenvalue weighted by Gasteiger charge is 2.34. The van der Waals surface area contributed by atoms with Gasteiger partial charge in [0, 0.05) is 6.66 Å². The summed E-state index contributed by atoms with van der Waals surface area (Å²) in [7, 11) is -3.24. The molecule has 5 rings (SSSR count). The van der Waals surface area contributed by atoms with E-state index >= 15 is 0 Å². The minimum Gasteiger partial charge on any atom is -0.369 e. The molecule has 0 fully saturated rings. The molecule has 0 radical (unpaired) electrons. The number of benzene rings is 5. The van der Waals surface area contributed by atoms with E-state index in [1.165, 1.54) is 5.06 Å². The summed E-state index contributed by atoms with van der Waals surface area (Å²) in [6, 6.07) is 48.6. The summed E-state index contributed by atoms with van der Waals surface area (Å²) in [5, 5.41) is 1.23. The molecule has 0 saturated heterocycles. The number of amides is 1. The second-order valence-corrected chi connectivity index (χ2v) is 14.7. The third kappa shape index (κ3) is 13.5. The Labute approximate surface area is 307 Å². The van der Waals surface area contributed by atoms with Crippen LogP contribution in [0.1, 0.15) is 27.8 Å². The highest BCUT2D eigenvalue weighted by molar-refractivity contribution is 7.61. The first-order valence-corrected chi connectivity index (χ1v) is 19.4. The van der Waals surface area contributed by atoms with E-state index in [4.69, 9.17) is 23.6 Å². The third-order valence-electron chi connectivity index (χ3n) is 8.16. The van der Waals surface area contributed by atoms with E-state index in [1.54, 1.807) is 18.6 Å². The average Bonchev–Trinajstić information content (AvgIpc) is 3.20. The predicted octanol–water partition coefficient (Wildman–Crippen LogP) is 8.97. The lowest BCUT2D eigenvalue weighted by Crippen LogP contribution is -2.47. The van der Waals surface area contributed by atoms with Gasteiger partial charge in [-0.3, -0.25) is 14.2 Å². The zero-order valence-electron chi connectivity index (χ0n) is 29.4. The summed E-state index contributed by atoms with van der Waals surface area (Å²) < 4.78 is 39.6. The monoisotopic (exact) mass is 719 g/mol. The van der Waals surface area contributed by atoms with Crippen molar-refractivity contribution >= 4 is 13.8 Å². The fourth-order valence-electron chi connectivity index (χ4n) is 5.33. The van der Waals surface area contributed by atoms with E-state index in [1.807, 2.05) is 152 Å². The van der Waals surface area contributed by atoms with Crippen molar-refractivity contribution in [3.05, 3.63) is 191 Å². The number of hydrogen-bond acceptors (Lipinski definition) is 7. The maximum absolute atomic E-state index is 13.8. The number of hydrogen-bond donors (Lipinski definition) is 0. The van der Waals surface area contributed by atoms with Crippen molar-refractivity contribution in [2.75, 3.05) is 13.2 Å². The number of ether oxygens (including phenoxy) is 3.